The van der Waals surface area contributed by atoms with Gasteiger partial charge in [-0.1, -0.05) is 23.9 Å². The molecule has 0 aliphatic heterocycles. The Morgan fingerprint density at radius 3 is 2.50 bits per heavy atom. The number of benzene rings is 2. The molecule has 3 rings (SSSR count). The molecule has 5 nitrogen and oxygen atoms in total. The summed E-state index contributed by atoms with van der Waals surface area (Å²) in [5.41, 5.74) is 0.796. The molecular weight excluding hydrogens is 386 g/mol. The summed E-state index contributed by atoms with van der Waals surface area (Å²) >= 11 is 1.19. The van der Waals surface area contributed by atoms with Crippen molar-refractivity contribution in [3.05, 3.63) is 64.4 Å². The molecule has 0 unspecified atom stereocenters. The van der Waals surface area contributed by atoms with Crippen LogP contribution in [0, 0.1) is 0 Å². The predicted octanol–water partition coefficient (Wildman–Crippen LogP) is 4.38. The van der Waals surface area contributed by atoms with Crippen LogP contribution in [-0.2, 0) is 6.54 Å². The van der Waals surface area contributed by atoms with Gasteiger partial charge >= 0.3 is 6.61 Å². The molecule has 0 fully saturated rings. The first-order valence-corrected chi connectivity index (χ1v) is 9.54. The van der Waals surface area contributed by atoms with Gasteiger partial charge in [-0.3, -0.25) is 14.2 Å². The van der Waals surface area contributed by atoms with E-state index in [1.54, 1.807) is 31.2 Å². The Balaban J connectivity index is 1.85. The van der Waals surface area contributed by atoms with Crippen molar-refractivity contribution in [2.24, 2.45) is 0 Å². The zero-order valence-corrected chi connectivity index (χ0v) is 16.1. The van der Waals surface area contributed by atoms with Crippen LogP contribution in [0.1, 0.15) is 24.2 Å². The lowest BCUT2D eigenvalue weighted by atomic mass is 10.1. The largest absolute Gasteiger partial charge is 0.435 e. The number of thioether (sulfide) groups is 1. The number of Topliss-reactive ketones (excluding diaryl/α,β-unsaturated/α-hetero) is 1. The van der Waals surface area contributed by atoms with E-state index in [4.69, 9.17) is 0 Å². The van der Waals surface area contributed by atoms with Crippen LogP contribution in [0.2, 0.25) is 0 Å². The highest BCUT2D eigenvalue weighted by atomic mass is 32.2. The summed E-state index contributed by atoms with van der Waals surface area (Å²) in [6.45, 7) is 1.08. The number of hydrogen-bond acceptors (Lipinski definition) is 5. The second-order valence-corrected chi connectivity index (χ2v) is 7.30. The lowest BCUT2D eigenvalue weighted by Crippen LogP contribution is -2.24. The first-order valence-electron chi connectivity index (χ1n) is 8.66. The molecule has 0 amide bonds. The Labute approximate surface area is 164 Å². The van der Waals surface area contributed by atoms with E-state index in [0.717, 1.165) is 0 Å². The average Bonchev–Trinajstić information content (AvgIpc) is 2.68. The van der Waals surface area contributed by atoms with E-state index in [0.29, 0.717) is 28.2 Å². The molecule has 8 heteroatoms. The third kappa shape index (κ3) is 4.22. The van der Waals surface area contributed by atoms with Gasteiger partial charge in [0.05, 0.1) is 16.2 Å². The van der Waals surface area contributed by atoms with Gasteiger partial charge in [-0.05, 0) is 50.2 Å². The number of nitrogens with zero attached hydrogens (tertiary/aromatic N) is 2. The Morgan fingerprint density at radius 2 is 1.86 bits per heavy atom. The second kappa shape index (κ2) is 8.52. The minimum absolute atomic E-state index is 0.0112. The van der Waals surface area contributed by atoms with Crippen LogP contribution in [0.3, 0.4) is 0 Å². The van der Waals surface area contributed by atoms with Crippen LogP contribution >= 0.6 is 11.8 Å². The number of ketones is 1. The van der Waals surface area contributed by atoms with Crippen molar-refractivity contribution in [3.63, 3.8) is 0 Å². The molecule has 0 aliphatic carbocycles. The Hall–Kier alpha value is -2.74. The Kier molecular flexibility index (Phi) is 6.08. The summed E-state index contributed by atoms with van der Waals surface area (Å²) in [7, 11) is 0. The minimum Gasteiger partial charge on any atom is -0.435 e. The normalized spacial score (nSPS) is 12.3. The smallest absolute Gasteiger partial charge is 0.387 e. The number of carbonyl (C=O) groups is 1. The Morgan fingerprint density at radius 1 is 1.18 bits per heavy atom. The average molecular weight is 404 g/mol. The molecule has 146 valence electrons. The number of rotatable bonds is 7. The van der Waals surface area contributed by atoms with Crippen molar-refractivity contribution in [2.45, 2.75) is 37.4 Å². The van der Waals surface area contributed by atoms with Gasteiger partial charge in [0, 0.05) is 12.1 Å². The summed E-state index contributed by atoms with van der Waals surface area (Å²) in [6.07, 6.45) is 0. The molecule has 0 aliphatic rings. The molecule has 0 bridgehead atoms. The third-order valence-electron chi connectivity index (χ3n) is 4.16. The number of hydrogen-bond donors (Lipinski definition) is 0. The van der Waals surface area contributed by atoms with E-state index in [1.807, 2.05) is 6.92 Å². The SMILES string of the molecule is CCn1c(S[C@@H](C)C(=O)c2ccc(OC(F)F)cc2)nc2ccccc2c1=O. The van der Waals surface area contributed by atoms with Crippen LogP contribution in [0.25, 0.3) is 10.9 Å². The summed E-state index contributed by atoms with van der Waals surface area (Å²) < 4.78 is 30.3. The Bertz CT molecular complexity index is 1050. The van der Waals surface area contributed by atoms with Gasteiger partial charge in [0.25, 0.3) is 5.56 Å². The van der Waals surface area contributed by atoms with Crippen molar-refractivity contribution >= 4 is 28.4 Å². The lowest BCUT2D eigenvalue weighted by Gasteiger charge is -2.15. The number of ether oxygens (including phenoxy) is 1. The van der Waals surface area contributed by atoms with E-state index in [9.17, 15) is 18.4 Å². The molecular formula is C20H18F2N2O3S. The monoisotopic (exact) mass is 404 g/mol. The standard InChI is InChI=1S/C20H18F2N2O3S/c1-3-24-18(26)15-6-4-5-7-16(15)23-20(24)28-12(2)17(25)13-8-10-14(11-9-13)27-19(21)22/h4-12,19H,3H2,1-2H3/t12-/m0/s1. The molecule has 1 atom stereocenters. The zero-order chi connectivity index (χ0) is 20.3. The molecule has 1 heterocycles. The first-order chi connectivity index (χ1) is 13.4. The van der Waals surface area contributed by atoms with E-state index in [2.05, 4.69) is 9.72 Å². The van der Waals surface area contributed by atoms with Gasteiger partial charge in [-0.2, -0.15) is 8.78 Å². The fourth-order valence-electron chi connectivity index (χ4n) is 2.76. The maximum atomic E-state index is 12.7. The molecule has 3 aromatic rings. The molecule has 2 aromatic carbocycles. The third-order valence-corrected chi connectivity index (χ3v) is 5.25. The number of para-hydroxylation sites is 1. The summed E-state index contributed by atoms with van der Waals surface area (Å²) in [4.78, 5) is 29.9. The highest BCUT2D eigenvalue weighted by molar-refractivity contribution is 8.00. The van der Waals surface area contributed by atoms with Crippen LogP contribution in [0.5, 0.6) is 5.75 Å². The van der Waals surface area contributed by atoms with E-state index in [-0.39, 0.29) is 17.1 Å². The number of halogens is 2. The van der Waals surface area contributed by atoms with Gasteiger partial charge in [-0.15, -0.1) is 0 Å². The van der Waals surface area contributed by atoms with Gasteiger partial charge < -0.3 is 4.74 Å². The molecule has 0 radical (unpaired) electrons. The molecule has 0 saturated heterocycles. The summed E-state index contributed by atoms with van der Waals surface area (Å²) in [5.74, 6) is -0.207. The lowest BCUT2D eigenvalue weighted by molar-refractivity contribution is -0.0498. The number of aromatic nitrogens is 2. The van der Waals surface area contributed by atoms with E-state index < -0.39 is 11.9 Å². The summed E-state index contributed by atoms with van der Waals surface area (Å²) in [6, 6.07) is 12.6. The van der Waals surface area contributed by atoms with Crippen LogP contribution in [0.15, 0.2) is 58.5 Å². The van der Waals surface area contributed by atoms with Crippen molar-refractivity contribution in [2.75, 3.05) is 0 Å². The topological polar surface area (TPSA) is 61.2 Å². The number of carbonyl (C=O) groups excluding carboxylic acids is 1. The number of alkyl halides is 2. The molecule has 28 heavy (non-hydrogen) atoms. The van der Waals surface area contributed by atoms with Gasteiger partial charge in [0.15, 0.2) is 10.9 Å². The highest BCUT2D eigenvalue weighted by Crippen LogP contribution is 2.26. The van der Waals surface area contributed by atoms with E-state index >= 15 is 0 Å². The minimum atomic E-state index is -2.92. The predicted molar refractivity (Wildman–Crippen MR) is 104 cm³/mol. The fraction of sp³-hybridized carbons (Fsp3) is 0.250. The van der Waals surface area contributed by atoms with Crippen LogP contribution < -0.4 is 10.3 Å². The maximum Gasteiger partial charge on any atom is 0.387 e. The van der Waals surface area contributed by atoms with Gasteiger partial charge in [-0.25, -0.2) is 4.98 Å². The van der Waals surface area contributed by atoms with Gasteiger partial charge in [0.1, 0.15) is 5.75 Å². The quantitative estimate of drug-likeness (QED) is 0.332. The summed E-state index contributed by atoms with van der Waals surface area (Å²) in [5, 5.41) is 0.472. The first kappa shape index (κ1) is 20.0. The molecule has 1 aromatic heterocycles. The van der Waals surface area contributed by atoms with Crippen molar-refractivity contribution in [1.82, 2.24) is 9.55 Å². The molecule has 0 saturated carbocycles. The highest BCUT2D eigenvalue weighted by Gasteiger charge is 2.20. The fourth-order valence-corrected chi connectivity index (χ4v) is 3.81. The molecule has 0 N–H and O–H groups in total. The zero-order valence-electron chi connectivity index (χ0n) is 15.3. The van der Waals surface area contributed by atoms with Crippen molar-refractivity contribution < 1.29 is 18.3 Å². The molecule has 0 spiro atoms. The van der Waals surface area contributed by atoms with Gasteiger partial charge in [0.2, 0.25) is 0 Å². The van der Waals surface area contributed by atoms with E-state index in [1.165, 1.54) is 40.6 Å². The second-order valence-electron chi connectivity index (χ2n) is 5.99. The van der Waals surface area contributed by atoms with Crippen LogP contribution in [-0.4, -0.2) is 27.2 Å². The van der Waals surface area contributed by atoms with Crippen molar-refractivity contribution in [1.29, 1.82) is 0 Å². The van der Waals surface area contributed by atoms with Crippen molar-refractivity contribution in [3.8, 4) is 5.75 Å². The van der Waals surface area contributed by atoms with Crippen LogP contribution in [0.4, 0.5) is 8.78 Å². The maximum absolute atomic E-state index is 12.7. The number of fused-ring (bicyclic) bond motifs is 1.